The number of rotatable bonds is 7. The standard InChI is InChI=1S/C20H24N4O/c21-10-4-7-17(22)13-23-20(25)19-12-16-9-8-15(11-18(16)24-19)14-5-2-1-3-6-14/h1-3,5-6,8-9,11-12,17,24H,4,7,10,13,21-22H2,(H,23,25)/t17-/m0/s1. The Balaban J connectivity index is 1.71. The van der Waals surface area contributed by atoms with Gasteiger partial charge in [-0.05, 0) is 42.6 Å². The normalized spacial score (nSPS) is 12.2. The van der Waals surface area contributed by atoms with Crippen molar-refractivity contribution < 1.29 is 4.79 Å². The number of hydrogen-bond acceptors (Lipinski definition) is 3. The van der Waals surface area contributed by atoms with E-state index in [9.17, 15) is 4.79 Å². The average Bonchev–Trinajstić information content (AvgIpc) is 3.08. The Morgan fingerprint density at radius 3 is 2.64 bits per heavy atom. The van der Waals surface area contributed by atoms with E-state index in [4.69, 9.17) is 11.5 Å². The van der Waals surface area contributed by atoms with Gasteiger partial charge in [0.05, 0.1) is 0 Å². The van der Waals surface area contributed by atoms with Crippen LogP contribution in [0.3, 0.4) is 0 Å². The third-order valence-electron chi connectivity index (χ3n) is 4.28. The van der Waals surface area contributed by atoms with Gasteiger partial charge in [-0.1, -0.05) is 42.5 Å². The van der Waals surface area contributed by atoms with Crippen LogP contribution in [0.15, 0.2) is 54.6 Å². The van der Waals surface area contributed by atoms with Gasteiger partial charge in [0.1, 0.15) is 5.69 Å². The first-order valence-corrected chi connectivity index (χ1v) is 8.59. The van der Waals surface area contributed by atoms with Gasteiger partial charge in [0.25, 0.3) is 5.91 Å². The highest BCUT2D eigenvalue weighted by Crippen LogP contribution is 2.24. The van der Waals surface area contributed by atoms with E-state index in [-0.39, 0.29) is 11.9 Å². The molecule has 0 unspecified atom stereocenters. The van der Waals surface area contributed by atoms with Gasteiger partial charge in [0, 0.05) is 23.5 Å². The number of amides is 1. The third kappa shape index (κ3) is 4.26. The molecular formula is C20H24N4O. The lowest BCUT2D eigenvalue weighted by atomic mass is 10.0. The van der Waals surface area contributed by atoms with Crippen molar-refractivity contribution >= 4 is 16.8 Å². The molecule has 1 heterocycles. The van der Waals surface area contributed by atoms with Gasteiger partial charge < -0.3 is 21.8 Å². The summed E-state index contributed by atoms with van der Waals surface area (Å²) in [6.07, 6.45) is 1.68. The minimum Gasteiger partial charge on any atom is -0.351 e. The van der Waals surface area contributed by atoms with Gasteiger partial charge in [-0.25, -0.2) is 0 Å². The molecule has 130 valence electrons. The summed E-state index contributed by atoms with van der Waals surface area (Å²) in [5.74, 6) is -0.138. The molecule has 0 saturated heterocycles. The van der Waals surface area contributed by atoms with Crippen LogP contribution in [0.5, 0.6) is 0 Å². The summed E-state index contributed by atoms with van der Waals surface area (Å²) in [5, 5.41) is 3.89. The molecule has 0 fully saturated rings. The number of fused-ring (bicyclic) bond motifs is 1. The van der Waals surface area contributed by atoms with Crippen LogP contribution in [-0.4, -0.2) is 30.0 Å². The minimum absolute atomic E-state index is 0.0680. The van der Waals surface area contributed by atoms with Crippen molar-refractivity contribution in [1.82, 2.24) is 10.3 Å². The van der Waals surface area contributed by atoms with Crippen molar-refractivity contribution in [2.45, 2.75) is 18.9 Å². The Morgan fingerprint density at radius 1 is 1.08 bits per heavy atom. The van der Waals surface area contributed by atoms with Crippen LogP contribution < -0.4 is 16.8 Å². The van der Waals surface area contributed by atoms with Gasteiger partial charge in [-0.15, -0.1) is 0 Å². The molecule has 0 bridgehead atoms. The van der Waals surface area contributed by atoms with E-state index in [1.54, 1.807) is 0 Å². The first kappa shape index (κ1) is 17.2. The van der Waals surface area contributed by atoms with E-state index in [0.29, 0.717) is 18.8 Å². The molecular weight excluding hydrogens is 312 g/mol. The molecule has 6 N–H and O–H groups in total. The van der Waals surface area contributed by atoms with Gasteiger partial charge in [-0.3, -0.25) is 4.79 Å². The molecule has 5 nitrogen and oxygen atoms in total. The van der Waals surface area contributed by atoms with Crippen molar-refractivity contribution in [2.75, 3.05) is 13.1 Å². The zero-order valence-electron chi connectivity index (χ0n) is 14.2. The average molecular weight is 336 g/mol. The van der Waals surface area contributed by atoms with Crippen LogP contribution in [0, 0.1) is 0 Å². The number of nitrogens with one attached hydrogen (secondary N) is 2. The van der Waals surface area contributed by atoms with Crippen LogP contribution in [-0.2, 0) is 0 Å². The highest BCUT2D eigenvalue weighted by atomic mass is 16.1. The SMILES string of the molecule is NCCC[C@H](N)CNC(=O)c1cc2ccc(-c3ccccc3)cc2[nH]1. The van der Waals surface area contributed by atoms with Crippen LogP contribution >= 0.6 is 0 Å². The summed E-state index contributed by atoms with van der Waals surface area (Å²) >= 11 is 0. The van der Waals surface area contributed by atoms with Crippen molar-refractivity contribution in [2.24, 2.45) is 11.5 Å². The van der Waals surface area contributed by atoms with E-state index in [0.717, 1.165) is 34.9 Å². The summed E-state index contributed by atoms with van der Waals surface area (Å²) < 4.78 is 0. The first-order chi connectivity index (χ1) is 12.2. The molecule has 0 aliphatic rings. The topological polar surface area (TPSA) is 96.9 Å². The van der Waals surface area contributed by atoms with Crippen molar-refractivity contribution in [1.29, 1.82) is 0 Å². The quantitative estimate of drug-likeness (QED) is 0.534. The molecule has 0 radical (unpaired) electrons. The Morgan fingerprint density at radius 2 is 1.88 bits per heavy atom. The van der Waals surface area contributed by atoms with E-state index in [1.165, 1.54) is 0 Å². The molecule has 2 aromatic carbocycles. The van der Waals surface area contributed by atoms with Gasteiger partial charge in [0.2, 0.25) is 0 Å². The number of carbonyl (C=O) groups is 1. The van der Waals surface area contributed by atoms with E-state index in [2.05, 4.69) is 34.6 Å². The van der Waals surface area contributed by atoms with Crippen molar-refractivity contribution in [3.63, 3.8) is 0 Å². The number of benzene rings is 2. The fourth-order valence-electron chi connectivity index (χ4n) is 2.86. The highest BCUT2D eigenvalue weighted by molar-refractivity contribution is 5.98. The monoisotopic (exact) mass is 336 g/mol. The lowest BCUT2D eigenvalue weighted by molar-refractivity contribution is 0.0946. The van der Waals surface area contributed by atoms with Crippen LogP contribution in [0.2, 0.25) is 0 Å². The number of hydrogen-bond donors (Lipinski definition) is 4. The van der Waals surface area contributed by atoms with Gasteiger partial charge >= 0.3 is 0 Å². The molecule has 3 rings (SSSR count). The molecule has 5 heteroatoms. The lowest BCUT2D eigenvalue weighted by Gasteiger charge is -2.11. The summed E-state index contributed by atoms with van der Waals surface area (Å²) in [6.45, 7) is 1.07. The summed E-state index contributed by atoms with van der Waals surface area (Å²) in [6, 6.07) is 18.1. The largest absolute Gasteiger partial charge is 0.351 e. The molecule has 1 atom stereocenters. The smallest absolute Gasteiger partial charge is 0.267 e. The molecule has 1 amide bonds. The Kier molecular flexibility index (Phi) is 5.48. The van der Waals surface area contributed by atoms with E-state index >= 15 is 0 Å². The highest BCUT2D eigenvalue weighted by Gasteiger charge is 2.11. The van der Waals surface area contributed by atoms with E-state index < -0.39 is 0 Å². The Labute approximate surface area is 147 Å². The maximum atomic E-state index is 12.3. The number of H-pyrrole nitrogens is 1. The predicted molar refractivity (Wildman–Crippen MR) is 102 cm³/mol. The predicted octanol–water partition coefficient (Wildman–Crippen LogP) is 2.63. The van der Waals surface area contributed by atoms with Crippen LogP contribution in [0.25, 0.3) is 22.0 Å². The number of aromatic amines is 1. The fourth-order valence-corrected chi connectivity index (χ4v) is 2.86. The fraction of sp³-hybridized carbons (Fsp3) is 0.250. The molecule has 0 aliphatic carbocycles. The van der Waals surface area contributed by atoms with Gasteiger partial charge in [0.15, 0.2) is 0 Å². The molecule has 0 aliphatic heterocycles. The first-order valence-electron chi connectivity index (χ1n) is 8.59. The number of nitrogens with two attached hydrogens (primary N) is 2. The van der Waals surface area contributed by atoms with Crippen LogP contribution in [0.1, 0.15) is 23.3 Å². The molecule has 3 aromatic rings. The Hall–Kier alpha value is -2.63. The van der Waals surface area contributed by atoms with Crippen molar-refractivity contribution in [3.05, 3.63) is 60.3 Å². The molecule has 25 heavy (non-hydrogen) atoms. The molecule has 1 aromatic heterocycles. The lowest BCUT2D eigenvalue weighted by Crippen LogP contribution is -2.37. The maximum absolute atomic E-state index is 12.3. The minimum atomic E-state index is -0.138. The van der Waals surface area contributed by atoms with Crippen molar-refractivity contribution in [3.8, 4) is 11.1 Å². The Bertz CT molecular complexity index is 841. The second-order valence-corrected chi connectivity index (χ2v) is 6.25. The second kappa shape index (κ2) is 7.96. The maximum Gasteiger partial charge on any atom is 0.267 e. The van der Waals surface area contributed by atoms with E-state index in [1.807, 2.05) is 30.3 Å². The van der Waals surface area contributed by atoms with Crippen LogP contribution in [0.4, 0.5) is 0 Å². The summed E-state index contributed by atoms with van der Waals surface area (Å²) in [4.78, 5) is 15.5. The zero-order chi connectivity index (χ0) is 17.6. The summed E-state index contributed by atoms with van der Waals surface area (Å²) in [7, 11) is 0. The molecule has 0 spiro atoms. The number of aromatic nitrogens is 1. The second-order valence-electron chi connectivity index (χ2n) is 6.25. The molecule has 0 saturated carbocycles. The number of carbonyl (C=O) groups excluding carboxylic acids is 1. The van der Waals surface area contributed by atoms with Gasteiger partial charge in [-0.2, -0.15) is 0 Å². The zero-order valence-corrected chi connectivity index (χ0v) is 14.2. The summed E-state index contributed by atoms with van der Waals surface area (Å²) in [5.41, 5.74) is 15.2. The third-order valence-corrected chi connectivity index (χ3v) is 4.28.